The maximum atomic E-state index is 12.9. The van der Waals surface area contributed by atoms with Crippen LogP contribution in [0, 0.1) is 5.82 Å². The summed E-state index contributed by atoms with van der Waals surface area (Å²) in [5.41, 5.74) is 0.816. The Bertz CT molecular complexity index is 694. The summed E-state index contributed by atoms with van der Waals surface area (Å²) in [6.45, 7) is 0.100. The van der Waals surface area contributed by atoms with Crippen LogP contribution in [-0.4, -0.2) is 47.9 Å². The van der Waals surface area contributed by atoms with Crippen molar-refractivity contribution in [2.24, 2.45) is 0 Å². The summed E-state index contributed by atoms with van der Waals surface area (Å²) < 4.78 is 18.8. The zero-order valence-corrected chi connectivity index (χ0v) is 17.2. The number of aliphatic hydroxyl groups excluding tert-OH is 1. The fraction of sp³-hybridized carbons (Fsp3) is 0.636. The van der Waals surface area contributed by atoms with Crippen molar-refractivity contribution in [3.63, 3.8) is 0 Å². The van der Waals surface area contributed by atoms with Crippen molar-refractivity contribution in [2.45, 2.75) is 82.2 Å². The molecular weight excluding hydrogens is 389 g/mol. The number of nitrogens with one attached hydrogen (secondary N) is 3. The Balaban J connectivity index is 1.40. The van der Waals surface area contributed by atoms with E-state index in [1.165, 1.54) is 18.6 Å². The molecule has 1 aliphatic heterocycles. The van der Waals surface area contributed by atoms with Gasteiger partial charge < -0.3 is 25.8 Å². The van der Waals surface area contributed by atoms with Crippen LogP contribution in [0.2, 0.25) is 0 Å². The lowest BCUT2D eigenvalue weighted by Gasteiger charge is -2.36. The lowest BCUT2D eigenvalue weighted by atomic mass is 9.95. The van der Waals surface area contributed by atoms with Gasteiger partial charge in [0.25, 0.3) is 0 Å². The van der Waals surface area contributed by atoms with E-state index in [1.807, 2.05) is 0 Å². The van der Waals surface area contributed by atoms with Crippen LogP contribution in [0.25, 0.3) is 0 Å². The maximum Gasteiger partial charge on any atom is 0.315 e. The normalized spacial score (nSPS) is 24.8. The largest absolute Gasteiger partial charge is 0.394 e. The van der Waals surface area contributed by atoms with Crippen LogP contribution in [0.1, 0.15) is 56.9 Å². The highest BCUT2D eigenvalue weighted by atomic mass is 19.1. The number of rotatable bonds is 7. The maximum absolute atomic E-state index is 12.9. The standard InChI is InChI=1S/C22H32FN3O4/c23-16-8-6-15(7-9-16)13-24-21(28)12-18-10-11-19(20(14-27)30-18)26-22(29)25-17-4-2-1-3-5-17/h6-9,17-20,27H,1-5,10-14H2,(H,24,28)(H2,25,26,29)/t18-,19+,20+/m1/s1. The minimum absolute atomic E-state index is 0.164. The highest BCUT2D eigenvalue weighted by Crippen LogP contribution is 2.22. The molecule has 3 atom stereocenters. The summed E-state index contributed by atoms with van der Waals surface area (Å²) in [5.74, 6) is -0.478. The molecule has 2 fully saturated rings. The first kappa shape index (κ1) is 22.5. The number of carbonyl (C=O) groups is 2. The number of aliphatic hydroxyl groups is 1. The van der Waals surface area contributed by atoms with Gasteiger partial charge >= 0.3 is 6.03 Å². The molecule has 1 heterocycles. The Labute approximate surface area is 176 Å². The Morgan fingerprint density at radius 1 is 1.03 bits per heavy atom. The Kier molecular flexibility index (Phi) is 8.45. The van der Waals surface area contributed by atoms with Crippen LogP contribution in [-0.2, 0) is 16.1 Å². The third-order valence-electron chi connectivity index (χ3n) is 5.87. The van der Waals surface area contributed by atoms with Crippen LogP contribution in [0.15, 0.2) is 24.3 Å². The molecular formula is C22H32FN3O4. The van der Waals surface area contributed by atoms with Gasteiger partial charge in [-0.2, -0.15) is 0 Å². The van der Waals surface area contributed by atoms with Crippen molar-refractivity contribution in [2.75, 3.05) is 6.61 Å². The van der Waals surface area contributed by atoms with Crippen molar-refractivity contribution in [1.82, 2.24) is 16.0 Å². The van der Waals surface area contributed by atoms with Gasteiger partial charge in [-0.15, -0.1) is 0 Å². The highest BCUT2D eigenvalue weighted by molar-refractivity contribution is 5.76. The number of amides is 3. The molecule has 1 saturated carbocycles. The first-order chi connectivity index (χ1) is 14.5. The van der Waals surface area contributed by atoms with Crippen molar-refractivity contribution in [3.05, 3.63) is 35.6 Å². The summed E-state index contributed by atoms with van der Waals surface area (Å²) in [6, 6.07) is 5.69. The molecule has 0 spiro atoms. The number of halogens is 1. The van der Waals surface area contributed by atoms with Gasteiger partial charge in [-0.1, -0.05) is 31.4 Å². The van der Waals surface area contributed by atoms with Gasteiger partial charge in [0.1, 0.15) is 11.9 Å². The van der Waals surface area contributed by atoms with Gasteiger partial charge in [0.2, 0.25) is 5.91 Å². The van der Waals surface area contributed by atoms with E-state index in [2.05, 4.69) is 16.0 Å². The summed E-state index contributed by atoms with van der Waals surface area (Å²) in [4.78, 5) is 24.5. The summed E-state index contributed by atoms with van der Waals surface area (Å²) in [5, 5.41) is 18.4. The number of urea groups is 1. The van der Waals surface area contributed by atoms with Crippen LogP contribution in [0.4, 0.5) is 9.18 Å². The second-order valence-corrected chi connectivity index (χ2v) is 8.22. The third kappa shape index (κ3) is 6.95. The number of hydrogen-bond acceptors (Lipinski definition) is 4. The molecule has 7 nitrogen and oxygen atoms in total. The molecule has 0 bridgehead atoms. The molecule has 2 aliphatic rings. The van der Waals surface area contributed by atoms with Gasteiger partial charge in [-0.25, -0.2) is 9.18 Å². The van der Waals surface area contributed by atoms with Crippen LogP contribution in [0.5, 0.6) is 0 Å². The van der Waals surface area contributed by atoms with Crippen molar-refractivity contribution < 1.29 is 23.8 Å². The van der Waals surface area contributed by atoms with Gasteiger partial charge in [-0.3, -0.25) is 4.79 Å². The van der Waals surface area contributed by atoms with Crippen LogP contribution in [0.3, 0.4) is 0 Å². The second-order valence-electron chi connectivity index (χ2n) is 8.22. The second kappa shape index (κ2) is 11.3. The SMILES string of the molecule is O=C(C[C@H]1CC[C@H](NC(=O)NC2CCCCC2)[C@H](CO)O1)NCc1ccc(F)cc1. The molecule has 1 saturated heterocycles. The van der Waals surface area contributed by atoms with Gasteiger partial charge in [0.05, 0.1) is 25.2 Å². The summed E-state index contributed by atoms with van der Waals surface area (Å²) >= 11 is 0. The molecule has 1 aromatic carbocycles. The molecule has 8 heteroatoms. The molecule has 1 aliphatic carbocycles. The van der Waals surface area contributed by atoms with Crippen molar-refractivity contribution in [3.8, 4) is 0 Å². The molecule has 30 heavy (non-hydrogen) atoms. The lowest BCUT2D eigenvalue weighted by molar-refractivity contribution is -0.130. The predicted octanol–water partition coefficient (Wildman–Crippen LogP) is 2.37. The van der Waals surface area contributed by atoms with Crippen molar-refractivity contribution >= 4 is 11.9 Å². The monoisotopic (exact) mass is 421 g/mol. The van der Waals surface area contributed by atoms with Crippen LogP contribution < -0.4 is 16.0 Å². The lowest BCUT2D eigenvalue weighted by Crippen LogP contribution is -2.55. The number of ether oxygens (including phenoxy) is 1. The minimum atomic E-state index is -0.536. The van der Waals surface area contributed by atoms with E-state index >= 15 is 0 Å². The van der Waals surface area contributed by atoms with E-state index in [-0.39, 0.29) is 49.0 Å². The van der Waals surface area contributed by atoms with Gasteiger partial charge in [-0.05, 0) is 43.4 Å². The summed E-state index contributed by atoms with van der Waals surface area (Å²) in [7, 11) is 0. The Hall–Kier alpha value is -2.19. The first-order valence-electron chi connectivity index (χ1n) is 10.9. The van der Waals surface area contributed by atoms with E-state index in [0.29, 0.717) is 19.4 Å². The zero-order valence-electron chi connectivity index (χ0n) is 17.2. The molecule has 0 unspecified atom stereocenters. The van der Waals surface area contributed by atoms with E-state index in [1.54, 1.807) is 12.1 Å². The smallest absolute Gasteiger partial charge is 0.315 e. The van der Waals surface area contributed by atoms with Gasteiger partial charge in [0.15, 0.2) is 0 Å². The molecule has 0 aromatic heterocycles. The van der Waals surface area contributed by atoms with Crippen molar-refractivity contribution in [1.29, 1.82) is 0 Å². The Morgan fingerprint density at radius 3 is 2.47 bits per heavy atom. The van der Waals surface area contributed by atoms with E-state index in [9.17, 15) is 19.1 Å². The average molecular weight is 422 g/mol. The number of carbonyl (C=O) groups excluding carboxylic acids is 2. The third-order valence-corrected chi connectivity index (χ3v) is 5.87. The van der Waals surface area contributed by atoms with Gasteiger partial charge in [0, 0.05) is 12.6 Å². The molecule has 3 rings (SSSR count). The minimum Gasteiger partial charge on any atom is -0.394 e. The number of benzene rings is 1. The summed E-state index contributed by atoms with van der Waals surface area (Å²) in [6.07, 6.45) is 6.11. The predicted molar refractivity (Wildman–Crippen MR) is 110 cm³/mol. The molecule has 0 radical (unpaired) electrons. The highest BCUT2D eigenvalue weighted by Gasteiger charge is 2.33. The molecule has 4 N–H and O–H groups in total. The molecule has 166 valence electrons. The zero-order chi connectivity index (χ0) is 21.3. The fourth-order valence-electron chi connectivity index (χ4n) is 4.17. The van der Waals surface area contributed by atoms with E-state index in [4.69, 9.17) is 4.74 Å². The average Bonchev–Trinajstić information content (AvgIpc) is 2.75. The molecule has 1 aromatic rings. The first-order valence-corrected chi connectivity index (χ1v) is 10.9. The molecule has 3 amide bonds. The topological polar surface area (TPSA) is 99.7 Å². The quantitative estimate of drug-likeness (QED) is 0.543. The van der Waals surface area contributed by atoms with E-state index in [0.717, 1.165) is 31.2 Å². The van der Waals surface area contributed by atoms with E-state index < -0.39 is 6.10 Å². The number of hydrogen-bond donors (Lipinski definition) is 4. The fourth-order valence-corrected chi connectivity index (χ4v) is 4.17. The Morgan fingerprint density at radius 2 is 1.77 bits per heavy atom. The van der Waals surface area contributed by atoms with Crippen LogP contribution >= 0.6 is 0 Å².